The quantitative estimate of drug-likeness (QED) is 0.872. The van der Waals surface area contributed by atoms with E-state index in [1.54, 1.807) is 12.4 Å². The van der Waals surface area contributed by atoms with Crippen molar-refractivity contribution in [1.82, 2.24) is 10.3 Å². The van der Waals surface area contributed by atoms with E-state index in [0.29, 0.717) is 12.1 Å². The zero-order chi connectivity index (χ0) is 12.1. The highest BCUT2D eigenvalue weighted by molar-refractivity contribution is 5.94. The van der Waals surface area contributed by atoms with E-state index in [2.05, 4.69) is 10.3 Å². The minimum absolute atomic E-state index is 0.0539. The Hall–Kier alpha value is -2.16. The average Bonchev–Trinajstić information content (AvgIpc) is 2.38. The number of aromatic nitrogens is 1. The number of nitrogens with zero attached hydrogens (tertiary/aromatic N) is 1. The standard InChI is InChI=1S/C14H14N2O/c1-11-2-4-13(5-3-11)14(17)16-10-12-6-8-15-9-7-12/h2-9H,10H2,1H3,(H,16,17). The van der Waals surface area contributed by atoms with Gasteiger partial charge in [0, 0.05) is 24.5 Å². The third kappa shape index (κ3) is 3.14. The van der Waals surface area contributed by atoms with Crippen LogP contribution in [0.3, 0.4) is 0 Å². The molecule has 0 fully saturated rings. The molecule has 0 aliphatic rings. The first-order valence-electron chi connectivity index (χ1n) is 5.49. The Morgan fingerprint density at radius 2 is 1.76 bits per heavy atom. The van der Waals surface area contributed by atoms with Crippen molar-refractivity contribution in [3.05, 3.63) is 65.5 Å². The van der Waals surface area contributed by atoms with Crippen LogP contribution in [0.1, 0.15) is 21.5 Å². The molecule has 0 bridgehead atoms. The van der Waals surface area contributed by atoms with Crippen LogP contribution in [0.4, 0.5) is 0 Å². The maximum absolute atomic E-state index is 11.8. The molecule has 1 amide bonds. The summed E-state index contributed by atoms with van der Waals surface area (Å²) in [5.74, 6) is -0.0539. The van der Waals surface area contributed by atoms with Crippen LogP contribution in [-0.4, -0.2) is 10.9 Å². The van der Waals surface area contributed by atoms with Crippen molar-refractivity contribution in [2.24, 2.45) is 0 Å². The minimum Gasteiger partial charge on any atom is -0.348 e. The summed E-state index contributed by atoms with van der Waals surface area (Å²) in [6, 6.07) is 11.3. The van der Waals surface area contributed by atoms with Gasteiger partial charge in [-0.25, -0.2) is 0 Å². The molecule has 17 heavy (non-hydrogen) atoms. The lowest BCUT2D eigenvalue weighted by molar-refractivity contribution is 0.0951. The summed E-state index contributed by atoms with van der Waals surface area (Å²) in [6.07, 6.45) is 3.43. The number of carbonyl (C=O) groups is 1. The summed E-state index contributed by atoms with van der Waals surface area (Å²) in [5.41, 5.74) is 2.88. The minimum atomic E-state index is -0.0539. The van der Waals surface area contributed by atoms with Crippen LogP contribution in [-0.2, 0) is 6.54 Å². The number of amides is 1. The maximum Gasteiger partial charge on any atom is 0.251 e. The molecule has 1 heterocycles. The fraction of sp³-hybridized carbons (Fsp3) is 0.143. The van der Waals surface area contributed by atoms with Gasteiger partial charge in [-0.1, -0.05) is 17.7 Å². The number of hydrogen-bond donors (Lipinski definition) is 1. The second-order valence-corrected chi connectivity index (χ2v) is 3.90. The van der Waals surface area contributed by atoms with Crippen LogP contribution in [0.25, 0.3) is 0 Å². The molecule has 1 N–H and O–H groups in total. The molecular weight excluding hydrogens is 212 g/mol. The van der Waals surface area contributed by atoms with Crippen LogP contribution in [0.2, 0.25) is 0 Å². The van der Waals surface area contributed by atoms with Crippen LogP contribution >= 0.6 is 0 Å². The normalized spacial score (nSPS) is 9.94. The first-order valence-corrected chi connectivity index (χ1v) is 5.49. The maximum atomic E-state index is 11.8. The van der Waals surface area contributed by atoms with E-state index in [1.165, 1.54) is 0 Å². The number of carbonyl (C=O) groups excluding carboxylic acids is 1. The molecule has 3 nitrogen and oxygen atoms in total. The van der Waals surface area contributed by atoms with Crippen molar-refractivity contribution in [2.75, 3.05) is 0 Å². The zero-order valence-electron chi connectivity index (χ0n) is 9.68. The molecule has 0 aliphatic carbocycles. The van der Waals surface area contributed by atoms with Gasteiger partial charge in [0.25, 0.3) is 5.91 Å². The van der Waals surface area contributed by atoms with Crippen molar-refractivity contribution >= 4 is 5.91 Å². The Morgan fingerprint density at radius 1 is 1.12 bits per heavy atom. The Balaban J connectivity index is 1.96. The van der Waals surface area contributed by atoms with Crippen LogP contribution < -0.4 is 5.32 Å². The lowest BCUT2D eigenvalue weighted by Crippen LogP contribution is -2.22. The topological polar surface area (TPSA) is 42.0 Å². The van der Waals surface area contributed by atoms with Gasteiger partial charge in [-0.2, -0.15) is 0 Å². The molecular formula is C14H14N2O. The first kappa shape index (κ1) is 11.3. The second kappa shape index (κ2) is 5.25. The molecule has 0 radical (unpaired) electrons. The molecule has 86 valence electrons. The SMILES string of the molecule is Cc1ccc(C(=O)NCc2ccncc2)cc1. The van der Waals surface area contributed by atoms with E-state index in [9.17, 15) is 4.79 Å². The molecule has 0 unspecified atom stereocenters. The van der Waals surface area contributed by atoms with Gasteiger partial charge in [-0.05, 0) is 36.8 Å². The van der Waals surface area contributed by atoms with Crippen molar-refractivity contribution in [3.8, 4) is 0 Å². The lowest BCUT2D eigenvalue weighted by Gasteiger charge is -2.05. The molecule has 0 atom stereocenters. The fourth-order valence-electron chi connectivity index (χ4n) is 1.49. The van der Waals surface area contributed by atoms with E-state index in [4.69, 9.17) is 0 Å². The zero-order valence-corrected chi connectivity index (χ0v) is 9.68. The third-order valence-electron chi connectivity index (χ3n) is 2.52. The summed E-state index contributed by atoms with van der Waals surface area (Å²) < 4.78 is 0. The summed E-state index contributed by atoms with van der Waals surface area (Å²) in [7, 11) is 0. The predicted octanol–water partition coefficient (Wildman–Crippen LogP) is 2.32. The summed E-state index contributed by atoms with van der Waals surface area (Å²) in [4.78, 5) is 15.7. The van der Waals surface area contributed by atoms with E-state index >= 15 is 0 Å². The predicted molar refractivity (Wildman–Crippen MR) is 66.6 cm³/mol. The van der Waals surface area contributed by atoms with Gasteiger partial charge in [0.2, 0.25) is 0 Å². The van der Waals surface area contributed by atoms with E-state index in [1.807, 2.05) is 43.3 Å². The van der Waals surface area contributed by atoms with Gasteiger partial charge in [0.15, 0.2) is 0 Å². The van der Waals surface area contributed by atoms with Crippen LogP contribution in [0.5, 0.6) is 0 Å². The van der Waals surface area contributed by atoms with Gasteiger partial charge in [0.05, 0.1) is 0 Å². The second-order valence-electron chi connectivity index (χ2n) is 3.90. The molecule has 2 aromatic rings. The van der Waals surface area contributed by atoms with Crippen molar-refractivity contribution < 1.29 is 4.79 Å². The van der Waals surface area contributed by atoms with Crippen molar-refractivity contribution in [1.29, 1.82) is 0 Å². The number of nitrogens with one attached hydrogen (secondary N) is 1. The Kier molecular flexibility index (Phi) is 3.50. The van der Waals surface area contributed by atoms with Crippen molar-refractivity contribution in [2.45, 2.75) is 13.5 Å². The number of aryl methyl sites for hydroxylation is 1. The molecule has 3 heteroatoms. The molecule has 1 aromatic heterocycles. The monoisotopic (exact) mass is 226 g/mol. The molecule has 0 saturated heterocycles. The molecule has 0 spiro atoms. The Morgan fingerprint density at radius 3 is 2.41 bits per heavy atom. The van der Waals surface area contributed by atoms with Crippen molar-refractivity contribution in [3.63, 3.8) is 0 Å². The first-order chi connectivity index (χ1) is 8.25. The number of hydrogen-bond acceptors (Lipinski definition) is 2. The molecule has 2 rings (SSSR count). The van der Waals surface area contributed by atoms with E-state index < -0.39 is 0 Å². The van der Waals surface area contributed by atoms with Crippen LogP contribution in [0.15, 0.2) is 48.8 Å². The van der Waals surface area contributed by atoms with Gasteiger partial charge in [-0.3, -0.25) is 9.78 Å². The number of rotatable bonds is 3. The highest BCUT2D eigenvalue weighted by Gasteiger charge is 2.03. The van der Waals surface area contributed by atoms with Crippen LogP contribution in [0, 0.1) is 6.92 Å². The van der Waals surface area contributed by atoms with Gasteiger partial charge >= 0.3 is 0 Å². The van der Waals surface area contributed by atoms with E-state index in [0.717, 1.165) is 11.1 Å². The summed E-state index contributed by atoms with van der Waals surface area (Å²) in [6.45, 7) is 2.52. The Labute approximate surface area is 101 Å². The number of benzene rings is 1. The molecule has 1 aromatic carbocycles. The van der Waals surface area contributed by atoms with Gasteiger partial charge < -0.3 is 5.32 Å². The lowest BCUT2D eigenvalue weighted by atomic mass is 10.1. The highest BCUT2D eigenvalue weighted by atomic mass is 16.1. The summed E-state index contributed by atoms with van der Waals surface area (Å²) >= 11 is 0. The molecule has 0 aliphatic heterocycles. The van der Waals surface area contributed by atoms with E-state index in [-0.39, 0.29) is 5.91 Å². The van der Waals surface area contributed by atoms with Gasteiger partial charge in [-0.15, -0.1) is 0 Å². The van der Waals surface area contributed by atoms with Gasteiger partial charge in [0.1, 0.15) is 0 Å². The third-order valence-corrected chi connectivity index (χ3v) is 2.52. The average molecular weight is 226 g/mol. The number of pyridine rings is 1. The smallest absolute Gasteiger partial charge is 0.251 e. The molecule has 0 saturated carbocycles. The largest absolute Gasteiger partial charge is 0.348 e. The summed E-state index contributed by atoms with van der Waals surface area (Å²) in [5, 5.41) is 2.87. The Bertz CT molecular complexity index is 491. The fourth-order valence-corrected chi connectivity index (χ4v) is 1.49. The highest BCUT2D eigenvalue weighted by Crippen LogP contribution is 2.03.